The fraction of sp³-hybridized carbons (Fsp3) is 0.238. The number of hydrogen-bond acceptors (Lipinski definition) is 4. The first-order valence-electron chi connectivity index (χ1n) is 9.11. The van der Waals surface area contributed by atoms with Gasteiger partial charge in [0.15, 0.2) is 4.80 Å². The van der Waals surface area contributed by atoms with Crippen molar-refractivity contribution in [3.8, 4) is 0 Å². The standard InChI is InChI=1S/C21H21N3O4S/c1-4-16(20(27)28)24-17-11-15(22-13(3)25)9-10-18(17)29-21(24)23-19(26)14-7-5-12(2)6-8-14/h5-11,16H,4H2,1-3H3,(H,22,25)(H,27,28)/b23-21-. The molecule has 3 rings (SSSR count). The zero-order valence-corrected chi connectivity index (χ0v) is 17.1. The normalized spacial score (nSPS) is 12.7. The summed E-state index contributed by atoms with van der Waals surface area (Å²) in [6.45, 7) is 5.09. The third-order valence-corrected chi connectivity index (χ3v) is 5.46. The molecule has 1 atom stereocenters. The number of amides is 2. The maximum absolute atomic E-state index is 12.7. The number of thiazole rings is 1. The minimum absolute atomic E-state index is 0.226. The highest BCUT2D eigenvalue weighted by atomic mass is 32.1. The number of carboxylic acid groups (broad SMARTS) is 1. The summed E-state index contributed by atoms with van der Waals surface area (Å²) in [6.07, 6.45) is 0.317. The Morgan fingerprint density at radius 2 is 1.86 bits per heavy atom. The maximum atomic E-state index is 12.7. The molecule has 0 saturated carbocycles. The lowest BCUT2D eigenvalue weighted by Crippen LogP contribution is -2.27. The average molecular weight is 411 g/mol. The van der Waals surface area contributed by atoms with Gasteiger partial charge in [0.2, 0.25) is 5.91 Å². The highest BCUT2D eigenvalue weighted by Crippen LogP contribution is 2.26. The molecule has 0 saturated heterocycles. The second-order valence-corrected chi connectivity index (χ2v) is 7.67. The number of benzene rings is 2. The van der Waals surface area contributed by atoms with E-state index < -0.39 is 17.9 Å². The Balaban J connectivity index is 2.21. The van der Waals surface area contributed by atoms with Gasteiger partial charge >= 0.3 is 5.97 Å². The number of carbonyl (C=O) groups is 3. The van der Waals surface area contributed by atoms with Crippen LogP contribution in [0.4, 0.5) is 5.69 Å². The van der Waals surface area contributed by atoms with Crippen molar-refractivity contribution in [2.75, 3.05) is 5.32 Å². The second-order valence-electron chi connectivity index (χ2n) is 6.66. The number of anilines is 1. The minimum atomic E-state index is -1.01. The maximum Gasteiger partial charge on any atom is 0.326 e. The van der Waals surface area contributed by atoms with Crippen LogP contribution in [-0.2, 0) is 9.59 Å². The van der Waals surface area contributed by atoms with Crippen molar-refractivity contribution in [3.05, 3.63) is 58.4 Å². The van der Waals surface area contributed by atoms with Gasteiger partial charge in [-0.3, -0.25) is 9.59 Å². The highest BCUT2D eigenvalue weighted by Gasteiger charge is 2.22. The molecule has 1 aromatic heterocycles. The lowest BCUT2D eigenvalue weighted by atomic mass is 10.1. The van der Waals surface area contributed by atoms with Crippen LogP contribution in [0.25, 0.3) is 10.2 Å². The number of carbonyl (C=O) groups excluding carboxylic acids is 2. The molecular formula is C21H21N3O4S. The molecule has 2 N–H and O–H groups in total. The van der Waals surface area contributed by atoms with Crippen molar-refractivity contribution in [1.82, 2.24) is 4.57 Å². The second kappa shape index (κ2) is 8.40. The van der Waals surface area contributed by atoms with Crippen LogP contribution in [0.1, 0.15) is 42.2 Å². The smallest absolute Gasteiger partial charge is 0.326 e. The summed E-state index contributed by atoms with van der Waals surface area (Å²) in [6, 6.07) is 11.4. The van der Waals surface area contributed by atoms with Crippen LogP contribution >= 0.6 is 11.3 Å². The van der Waals surface area contributed by atoms with E-state index in [0.717, 1.165) is 10.3 Å². The van der Waals surface area contributed by atoms with E-state index in [1.54, 1.807) is 41.8 Å². The Labute approximate surface area is 171 Å². The Kier molecular flexibility index (Phi) is 5.93. The molecule has 1 unspecified atom stereocenters. The predicted molar refractivity (Wildman–Crippen MR) is 112 cm³/mol. The molecular weight excluding hydrogens is 390 g/mol. The van der Waals surface area contributed by atoms with Crippen LogP contribution in [0.5, 0.6) is 0 Å². The molecule has 0 spiro atoms. The Hall–Kier alpha value is -3.26. The molecule has 0 radical (unpaired) electrons. The fourth-order valence-electron chi connectivity index (χ4n) is 3.02. The van der Waals surface area contributed by atoms with E-state index in [1.807, 2.05) is 19.1 Å². The summed E-state index contributed by atoms with van der Waals surface area (Å²) < 4.78 is 2.33. The number of rotatable bonds is 5. The number of aryl methyl sites for hydroxylation is 1. The quantitative estimate of drug-likeness (QED) is 0.668. The van der Waals surface area contributed by atoms with Crippen LogP contribution in [0.15, 0.2) is 47.5 Å². The van der Waals surface area contributed by atoms with Crippen LogP contribution < -0.4 is 10.1 Å². The summed E-state index contributed by atoms with van der Waals surface area (Å²) in [7, 11) is 0. The molecule has 8 heteroatoms. The monoisotopic (exact) mass is 411 g/mol. The summed E-state index contributed by atoms with van der Waals surface area (Å²) in [4.78, 5) is 40.5. The van der Waals surface area contributed by atoms with Gasteiger partial charge in [-0.15, -0.1) is 0 Å². The van der Waals surface area contributed by atoms with E-state index >= 15 is 0 Å². The molecule has 150 valence electrons. The van der Waals surface area contributed by atoms with Crippen LogP contribution in [0, 0.1) is 6.92 Å². The molecule has 2 aromatic carbocycles. The van der Waals surface area contributed by atoms with E-state index in [0.29, 0.717) is 28.0 Å². The van der Waals surface area contributed by atoms with Gasteiger partial charge in [-0.1, -0.05) is 36.0 Å². The van der Waals surface area contributed by atoms with E-state index in [9.17, 15) is 19.5 Å². The van der Waals surface area contributed by atoms with Gasteiger partial charge in [-0.25, -0.2) is 4.79 Å². The topological polar surface area (TPSA) is 101 Å². The van der Waals surface area contributed by atoms with Crippen molar-refractivity contribution >= 4 is 45.0 Å². The van der Waals surface area contributed by atoms with E-state index in [4.69, 9.17) is 0 Å². The molecule has 2 amide bonds. The van der Waals surface area contributed by atoms with Crippen molar-refractivity contribution in [1.29, 1.82) is 0 Å². The van der Waals surface area contributed by atoms with E-state index in [1.165, 1.54) is 18.3 Å². The summed E-state index contributed by atoms with van der Waals surface area (Å²) in [5.41, 5.74) is 2.61. The third-order valence-electron chi connectivity index (χ3n) is 4.43. The fourth-order valence-corrected chi connectivity index (χ4v) is 4.06. The summed E-state index contributed by atoms with van der Waals surface area (Å²) >= 11 is 1.24. The van der Waals surface area contributed by atoms with Crippen molar-refractivity contribution in [2.45, 2.75) is 33.2 Å². The van der Waals surface area contributed by atoms with E-state index in [2.05, 4.69) is 10.3 Å². The Morgan fingerprint density at radius 1 is 1.17 bits per heavy atom. The molecule has 7 nitrogen and oxygen atoms in total. The molecule has 29 heavy (non-hydrogen) atoms. The zero-order chi connectivity index (χ0) is 21.1. The van der Waals surface area contributed by atoms with Crippen LogP contribution in [0.3, 0.4) is 0 Å². The summed E-state index contributed by atoms with van der Waals surface area (Å²) in [5, 5.41) is 12.4. The number of carboxylic acids is 1. The van der Waals surface area contributed by atoms with Crippen LogP contribution in [-0.4, -0.2) is 27.5 Å². The number of aromatic nitrogens is 1. The molecule has 3 aromatic rings. The molecule has 0 aliphatic carbocycles. The van der Waals surface area contributed by atoms with Gasteiger partial charge < -0.3 is 15.0 Å². The van der Waals surface area contributed by atoms with E-state index in [-0.39, 0.29) is 5.91 Å². The molecule has 0 fully saturated rings. The van der Waals surface area contributed by atoms with Crippen molar-refractivity contribution in [3.63, 3.8) is 0 Å². The zero-order valence-electron chi connectivity index (χ0n) is 16.3. The first-order chi connectivity index (χ1) is 13.8. The van der Waals surface area contributed by atoms with Crippen molar-refractivity contribution < 1.29 is 19.5 Å². The number of nitrogens with zero attached hydrogens (tertiary/aromatic N) is 2. The largest absolute Gasteiger partial charge is 0.480 e. The van der Waals surface area contributed by atoms with Gasteiger partial charge in [0, 0.05) is 18.2 Å². The third kappa shape index (κ3) is 4.43. The Bertz CT molecular complexity index is 1160. The van der Waals surface area contributed by atoms with Gasteiger partial charge in [0.05, 0.1) is 10.2 Å². The average Bonchev–Trinajstić information content (AvgIpc) is 2.99. The SMILES string of the molecule is CCC(C(=O)O)n1/c(=N/C(=O)c2ccc(C)cc2)sc2ccc(NC(C)=O)cc21. The first-order valence-corrected chi connectivity index (χ1v) is 9.93. The highest BCUT2D eigenvalue weighted by molar-refractivity contribution is 7.16. The lowest BCUT2D eigenvalue weighted by molar-refractivity contribution is -0.141. The number of aliphatic carboxylic acids is 1. The molecule has 0 aliphatic rings. The lowest BCUT2D eigenvalue weighted by Gasteiger charge is -2.14. The predicted octanol–water partition coefficient (Wildman–Crippen LogP) is 3.75. The molecule has 0 bridgehead atoms. The first kappa shape index (κ1) is 20.5. The molecule has 0 aliphatic heterocycles. The van der Waals surface area contributed by atoms with Gasteiger partial charge in [-0.2, -0.15) is 4.99 Å². The van der Waals surface area contributed by atoms with Crippen molar-refractivity contribution in [2.24, 2.45) is 4.99 Å². The van der Waals surface area contributed by atoms with Crippen LogP contribution in [0.2, 0.25) is 0 Å². The summed E-state index contributed by atoms with van der Waals surface area (Å²) in [5.74, 6) is -1.68. The number of nitrogens with one attached hydrogen (secondary N) is 1. The minimum Gasteiger partial charge on any atom is -0.480 e. The molecule has 1 heterocycles. The number of hydrogen-bond donors (Lipinski definition) is 2. The Morgan fingerprint density at radius 3 is 2.45 bits per heavy atom. The van der Waals surface area contributed by atoms with Gasteiger partial charge in [-0.05, 0) is 43.7 Å². The number of fused-ring (bicyclic) bond motifs is 1. The van der Waals surface area contributed by atoms with Gasteiger partial charge in [0.25, 0.3) is 5.91 Å². The van der Waals surface area contributed by atoms with Gasteiger partial charge in [0.1, 0.15) is 6.04 Å².